The monoisotopic (exact) mass is 296 g/mol. The molecule has 21 heavy (non-hydrogen) atoms. The van der Waals surface area contributed by atoms with Crippen LogP contribution in [-0.2, 0) is 11.3 Å². The molecule has 0 aromatic heterocycles. The van der Waals surface area contributed by atoms with Gasteiger partial charge >= 0.3 is 0 Å². The molecule has 0 saturated heterocycles. The Kier molecular flexibility index (Phi) is 6.81. The van der Waals surface area contributed by atoms with E-state index in [-0.39, 0.29) is 12.5 Å². The molecule has 1 aromatic carbocycles. The van der Waals surface area contributed by atoms with Crippen molar-refractivity contribution in [3.63, 3.8) is 0 Å². The van der Waals surface area contributed by atoms with Gasteiger partial charge < -0.3 is 24.4 Å². The number of amides is 1. The molecule has 6 nitrogen and oxygen atoms in total. The van der Waals surface area contributed by atoms with E-state index in [0.29, 0.717) is 30.3 Å². The topological polar surface area (TPSA) is 60.0 Å². The molecular formula is C15H24N2O4. The zero-order valence-electron chi connectivity index (χ0n) is 13.4. The highest BCUT2D eigenvalue weighted by molar-refractivity contribution is 5.77. The fraction of sp³-hybridized carbons (Fsp3) is 0.533. The highest BCUT2D eigenvalue weighted by Gasteiger charge is 2.16. The molecular weight excluding hydrogens is 272 g/mol. The summed E-state index contributed by atoms with van der Waals surface area (Å²) in [5.41, 5.74) is 1.01. The summed E-state index contributed by atoms with van der Waals surface area (Å²) < 4.78 is 16.3. The van der Waals surface area contributed by atoms with E-state index in [4.69, 9.17) is 14.2 Å². The molecule has 0 saturated carbocycles. The quantitative estimate of drug-likeness (QED) is 0.783. The van der Waals surface area contributed by atoms with E-state index >= 15 is 0 Å². The number of hydrogen-bond acceptors (Lipinski definition) is 5. The van der Waals surface area contributed by atoms with Crippen molar-refractivity contribution in [2.24, 2.45) is 0 Å². The maximum absolute atomic E-state index is 11.8. The second kappa shape index (κ2) is 8.36. The van der Waals surface area contributed by atoms with Crippen LogP contribution in [0.4, 0.5) is 0 Å². The molecule has 0 atom stereocenters. The fourth-order valence-corrected chi connectivity index (χ4v) is 1.80. The van der Waals surface area contributed by atoms with Crippen LogP contribution in [-0.4, -0.2) is 52.3 Å². The number of hydrogen-bond donors (Lipinski definition) is 1. The minimum atomic E-state index is -0.0964. The van der Waals surface area contributed by atoms with Crippen LogP contribution < -0.4 is 19.5 Å². The van der Waals surface area contributed by atoms with Gasteiger partial charge in [0.1, 0.15) is 0 Å². The first-order chi connectivity index (χ1) is 10.1. The van der Waals surface area contributed by atoms with Crippen LogP contribution in [0.15, 0.2) is 12.1 Å². The first-order valence-corrected chi connectivity index (χ1v) is 6.83. The number of rotatable bonds is 8. The van der Waals surface area contributed by atoms with Crippen molar-refractivity contribution >= 4 is 5.91 Å². The number of nitrogens with zero attached hydrogens (tertiary/aromatic N) is 1. The molecule has 1 amide bonds. The van der Waals surface area contributed by atoms with Gasteiger partial charge in [-0.05, 0) is 31.7 Å². The normalized spacial score (nSPS) is 10.1. The molecule has 1 rings (SSSR count). The van der Waals surface area contributed by atoms with Gasteiger partial charge in [-0.2, -0.15) is 0 Å². The first-order valence-electron chi connectivity index (χ1n) is 6.83. The van der Waals surface area contributed by atoms with Crippen molar-refractivity contribution < 1.29 is 19.0 Å². The highest BCUT2D eigenvalue weighted by atomic mass is 16.5. The number of carbonyl (C=O) groups is 1. The third-order valence-electron chi connectivity index (χ3n) is 3.14. The van der Waals surface area contributed by atoms with Crippen molar-refractivity contribution in [2.75, 3.05) is 41.5 Å². The maximum Gasteiger partial charge on any atom is 0.260 e. The molecule has 0 unspecified atom stereocenters. The first kappa shape index (κ1) is 17.1. The van der Waals surface area contributed by atoms with Crippen LogP contribution in [0.5, 0.6) is 17.2 Å². The standard InChI is InChI=1S/C15H24N2O4/c1-6-17(3)14(18)10-21-15-12(19-4)7-11(9-16-2)8-13(15)20-5/h7-8,16H,6,9-10H2,1-5H3. The van der Waals surface area contributed by atoms with Crippen LogP contribution in [0.3, 0.4) is 0 Å². The van der Waals surface area contributed by atoms with Gasteiger partial charge in [0.25, 0.3) is 5.91 Å². The predicted molar refractivity (Wildman–Crippen MR) is 81.1 cm³/mol. The van der Waals surface area contributed by atoms with Gasteiger partial charge in [-0.3, -0.25) is 4.79 Å². The van der Waals surface area contributed by atoms with Gasteiger partial charge in [0.15, 0.2) is 18.1 Å². The summed E-state index contributed by atoms with van der Waals surface area (Å²) in [6.45, 7) is 3.18. The third kappa shape index (κ3) is 4.53. The summed E-state index contributed by atoms with van der Waals surface area (Å²) in [7, 11) is 6.72. The van der Waals surface area contributed by atoms with Crippen LogP contribution in [0.25, 0.3) is 0 Å². The zero-order valence-corrected chi connectivity index (χ0v) is 13.4. The minimum Gasteiger partial charge on any atom is -0.493 e. The maximum atomic E-state index is 11.8. The molecule has 118 valence electrons. The smallest absolute Gasteiger partial charge is 0.260 e. The van der Waals surface area contributed by atoms with Crippen LogP contribution in [0.2, 0.25) is 0 Å². The zero-order chi connectivity index (χ0) is 15.8. The summed E-state index contributed by atoms with van der Waals surface area (Å²) in [5, 5.41) is 3.07. The van der Waals surface area contributed by atoms with Crippen LogP contribution in [0, 0.1) is 0 Å². The summed E-state index contributed by atoms with van der Waals surface area (Å²) in [5.74, 6) is 1.44. The third-order valence-corrected chi connectivity index (χ3v) is 3.14. The Hall–Kier alpha value is -1.95. The molecule has 0 bridgehead atoms. The predicted octanol–water partition coefficient (Wildman–Crippen LogP) is 1.28. The Labute approximate surface area is 126 Å². The number of nitrogens with one attached hydrogen (secondary N) is 1. The van der Waals surface area contributed by atoms with E-state index in [0.717, 1.165) is 5.56 Å². The van der Waals surface area contributed by atoms with Crippen molar-refractivity contribution in [3.8, 4) is 17.2 Å². The molecule has 1 aromatic rings. The van der Waals surface area contributed by atoms with Crippen molar-refractivity contribution in [1.82, 2.24) is 10.2 Å². The SMILES string of the molecule is CCN(C)C(=O)COc1c(OC)cc(CNC)cc1OC. The average molecular weight is 296 g/mol. The number of ether oxygens (including phenoxy) is 3. The molecule has 0 aliphatic rings. The Morgan fingerprint density at radius 2 is 1.81 bits per heavy atom. The lowest BCUT2D eigenvalue weighted by molar-refractivity contribution is -0.131. The lowest BCUT2D eigenvalue weighted by Gasteiger charge is -2.18. The molecule has 0 heterocycles. The summed E-state index contributed by atoms with van der Waals surface area (Å²) in [6.07, 6.45) is 0. The van der Waals surface area contributed by atoms with E-state index in [9.17, 15) is 4.79 Å². The Balaban J connectivity index is 2.96. The second-order valence-electron chi connectivity index (χ2n) is 4.56. The highest BCUT2D eigenvalue weighted by Crippen LogP contribution is 2.38. The van der Waals surface area contributed by atoms with Gasteiger partial charge in [0, 0.05) is 20.1 Å². The summed E-state index contributed by atoms with van der Waals surface area (Å²) in [4.78, 5) is 13.4. The second-order valence-corrected chi connectivity index (χ2v) is 4.56. The van der Waals surface area contributed by atoms with E-state index in [1.54, 1.807) is 26.2 Å². The molecule has 0 radical (unpaired) electrons. The van der Waals surface area contributed by atoms with E-state index in [2.05, 4.69) is 5.32 Å². The number of carbonyl (C=O) groups excluding carboxylic acids is 1. The van der Waals surface area contributed by atoms with E-state index < -0.39 is 0 Å². The van der Waals surface area contributed by atoms with Crippen LogP contribution in [0.1, 0.15) is 12.5 Å². The average Bonchev–Trinajstić information content (AvgIpc) is 2.51. The molecule has 1 N–H and O–H groups in total. The Morgan fingerprint density at radius 1 is 1.24 bits per heavy atom. The van der Waals surface area contributed by atoms with Gasteiger partial charge in [0.05, 0.1) is 14.2 Å². The Bertz CT molecular complexity index is 452. The molecule has 0 fully saturated rings. The minimum absolute atomic E-state index is 0.0531. The van der Waals surface area contributed by atoms with Crippen molar-refractivity contribution in [3.05, 3.63) is 17.7 Å². The van der Waals surface area contributed by atoms with Gasteiger partial charge in [-0.1, -0.05) is 0 Å². The van der Waals surface area contributed by atoms with Gasteiger partial charge in [-0.25, -0.2) is 0 Å². The van der Waals surface area contributed by atoms with Crippen LogP contribution >= 0.6 is 0 Å². The molecule has 0 aliphatic carbocycles. The van der Waals surface area contributed by atoms with Gasteiger partial charge in [0.2, 0.25) is 5.75 Å². The number of benzene rings is 1. The lowest BCUT2D eigenvalue weighted by atomic mass is 10.2. The molecule has 0 spiro atoms. The molecule has 6 heteroatoms. The molecule has 0 aliphatic heterocycles. The largest absolute Gasteiger partial charge is 0.493 e. The van der Waals surface area contributed by atoms with Gasteiger partial charge in [-0.15, -0.1) is 0 Å². The van der Waals surface area contributed by atoms with E-state index in [1.165, 1.54) is 0 Å². The number of methoxy groups -OCH3 is 2. The van der Waals surface area contributed by atoms with Crippen molar-refractivity contribution in [2.45, 2.75) is 13.5 Å². The fourth-order valence-electron chi connectivity index (χ4n) is 1.80. The van der Waals surface area contributed by atoms with Crippen molar-refractivity contribution in [1.29, 1.82) is 0 Å². The Morgan fingerprint density at radius 3 is 2.24 bits per heavy atom. The summed E-state index contributed by atoms with van der Waals surface area (Å²) >= 11 is 0. The number of likely N-dealkylation sites (N-methyl/N-ethyl adjacent to an activating group) is 1. The lowest BCUT2D eigenvalue weighted by Crippen LogP contribution is -2.31. The summed E-state index contributed by atoms with van der Waals surface area (Å²) in [6, 6.07) is 3.73. The van der Waals surface area contributed by atoms with E-state index in [1.807, 2.05) is 26.1 Å².